The number of para-hydroxylation sites is 1. The summed E-state index contributed by atoms with van der Waals surface area (Å²) in [6.45, 7) is 2.18. The van der Waals surface area contributed by atoms with Gasteiger partial charge in [-0.1, -0.05) is 31.5 Å². The van der Waals surface area contributed by atoms with Gasteiger partial charge in [-0.2, -0.15) is 0 Å². The highest BCUT2D eigenvalue weighted by atomic mass is 14.8. The van der Waals surface area contributed by atoms with E-state index in [1.54, 1.807) is 0 Å². The van der Waals surface area contributed by atoms with E-state index in [-0.39, 0.29) is 0 Å². The zero-order valence-corrected chi connectivity index (χ0v) is 9.25. The van der Waals surface area contributed by atoms with Crippen molar-refractivity contribution in [2.24, 2.45) is 0 Å². The molecule has 2 rings (SSSR count). The number of rotatable bonds is 3. The summed E-state index contributed by atoms with van der Waals surface area (Å²) in [7, 11) is 1.96. The normalized spacial score (nSPS) is 10.5. The van der Waals surface area contributed by atoms with Gasteiger partial charge in [0.25, 0.3) is 0 Å². The fraction of sp³-hybridized carbons (Fsp3) is 0.308. The van der Waals surface area contributed by atoms with Crippen molar-refractivity contribution < 1.29 is 0 Å². The lowest BCUT2D eigenvalue weighted by Crippen LogP contribution is -1.96. The summed E-state index contributed by atoms with van der Waals surface area (Å²) in [6, 6.07) is 10.4. The van der Waals surface area contributed by atoms with Crippen LogP contribution in [0.3, 0.4) is 0 Å². The van der Waals surface area contributed by atoms with Gasteiger partial charge < -0.3 is 5.32 Å². The molecule has 0 radical (unpaired) electrons. The third-order valence-electron chi connectivity index (χ3n) is 2.54. The number of anilines is 1. The molecule has 15 heavy (non-hydrogen) atoms. The van der Waals surface area contributed by atoms with Crippen molar-refractivity contribution in [2.75, 3.05) is 12.4 Å². The molecule has 0 spiro atoms. The lowest BCUT2D eigenvalue weighted by Gasteiger charge is -2.08. The number of hydrogen-bond donors (Lipinski definition) is 1. The second-order valence-corrected chi connectivity index (χ2v) is 3.68. The third kappa shape index (κ3) is 1.94. The molecule has 78 valence electrons. The van der Waals surface area contributed by atoms with E-state index in [4.69, 9.17) is 0 Å². The Morgan fingerprint density at radius 1 is 1.27 bits per heavy atom. The first kappa shape index (κ1) is 9.97. The van der Waals surface area contributed by atoms with Gasteiger partial charge >= 0.3 is 0 Å². The van der Waals surface area contributed by atoms with Crippen molar-refractivity contribution in [2.45, 2.75) is 19.8 Å². The van der Waals surface area contributed by atoms with Crippen molar-refractivity contribution in [3.63, 3.8) is 0 Å². The molecule has 0 aliphatic carbocycles. The van der Waals surface area contributed by atoms with Gasteiger partial charge in [0.05, 0.1) is 5.52 Å². The molecule has 0 bridgehead atoms. The first-order valence-corrected chi connectivity index (χ1v) is 5.41. The second-order valence-electron chi connectivity index (χ2n) is 3.68. The van der Waals surface area contributed by atoms with Crippen molar-refractivity contribution in [3.05, 3.63) is 36.0 Å². The molecule has 0 aliphatic rings. The van der Waals surface area contributed by atoms with Crippen LogP contribution in [0.4, 0.5) is 5.69 Å². The third-order valence-corrected chi connectivity index (χ3v) is 2.54. The number of nitrogens with zero attached hydrogens (tertiary/aromatic N) is 1. The molecule has 0 saturated carbocycles. The van der Waals surface area contributed by atoms with Crippen molar-refractivity contribution in [1.82, 2.24) is 4.98 Å². The molecule has 1 heterocycles. The zero-order valence-electron chi connectivity index (χ0n) is 9.25. The van der Waals surface area contributed by atoms with Gasteiger partial charge in [0.1, 0.15) is 0 Å². The minimum absolute atomic E-state index is 1.04. The van der Waals surface area contributed by atoms with E-state index in [9.17, 15) is 0 Å². The summed E-state index contributed by atoms with van der Waals surface area (Å²) in [5, 5.41) is 4.42. The Hall–Kier alpha value is -1.57. The van der Waals surface area contributed by atoms with Gasteiger partial charge in [0.2, 0.25) is 0 Å². The Labute approximate surface area is 90.3 Å². The molecule has 1 aromatic carbocycles. The average molecular weight is 200 g/mol. The van der Waals surface area contributed by atoms with Crippen molar-refractivity contribution >= 4 is 16.6 Å². The van der Waals surface area contributed by atoms with Gasteiger partial charge in [-0.15, -0.1) is 0 Å². The number of aromatic nitrogens is 1. The molecule has 0 amide bonds. The molecule has 0 unspecified atom stereocenters. The van der Waals surface area contributed by atoms with E-state index in [0.717, 1.165) is 18.4 Å². The van der Waals surface area contributed by atoms with Crippen molar-refractivity contribution in [3.8, 4) is 0 Å². The smallest absolute Gasteiger partial charge is 0.0726 e. The number of aryl methyl sites for hydroxylation is 1. The second kappa shape index (κ2) is 4.30. The van der Waals surface area contributed by atoms with Crippen LogP contribution in [0, 0.1) is 0 Å². The summed E-state index contributed by atoms with van der Waals surface area (Å²) in [5.41, 5.74) is 3.41. The maximum Gasteiger partial charge on any atom is 0.0726 e. The zero-order chi connectivity index (χ0) is 10.7. The predicted octanol–water partition coefficient (Wildman–Crippen LogP) is 3.23. The molecule has 2 aromatic rings. The lowest BCUT2D eigenvalue weighted by molar-refractivity contribution is 0.890. The standard InChI is InChI=1S/C13H16N2/c1-3-6-10-9-13(14-2)11-7-4-5-8-12(11)15-10/h4-5,7-9H,3,6H2,1-2H3,(H,14,15). The predicted molar refractivity (Wildman–Crippen MR) is 65.3 cm³/mol. The number of benzene rings is 1. The van der Waals surface area contributed by atoms with Gasteiger partial charge in [-0.05, 0) is 18.6 Å². The van der Waals surface area contributed by atoms with Gasteiger partial charge in [0, 0.05) is 23.8 Å². The monoisotopic (exact) mass is 200 g/mol. The van der Waals surface area contributed by atoms with Crippen LogP contribution >= 0.6 is 0 Å². The molecular formula is C13H16N2. The molecular weight excluding hydrogens is 184 g/mol. The van der Waals surface area contributed by atoms with Crippen LogP contribution in [0.25, 0.3) is 10.9 Å². The fourth-order valence-electron chi connectivity index (χ4n) is 1.82. The van der Waals surface area contributed by atoms with Crippen LogP contribution in [0.1, 0.15) is 19.0 Å². The topological polar surface area (TPSA) is 24.9 Å². The highest BCUT2D eigenvalue weighted by Crippen LogP contribution is 2.22. The van der Waals surface area contributed by atoms with Crippen LogP contribution in [0.2, 0.25) is 0 Å². The Morgan fingerprint density at radius 2 is 2.07 bits per heavy atom. The summed E-state index contributed by atoms with van der Waals surface area (Å²) in [6.07, 6.45) is 2.17. The summed E-state index contributed by atoms with van der Waals surface area (Å²) >= 11 is 0. The molecule has 0 aliphatic heterocycles. The Bertz CT molecular complexity index is 463. The molecule has 1 N–H and O–H groups in total. The van der Waals surface area contributed by atoms with Crippen LogP contribution in [-0.2, 0) is 6.42 Å². The molecule has 0 fully saturated rings. The number of pyridine rings is 1. The van der Waals surface area contributed by atoms with Crippen LogP contribution < -0.4 is 5.32 Å². The van der Waals surface area contributed by atoms with Crippen LogP contribution in [0.5, 0.6) is 0 Å². The summed E-state index contributed by atoms with van der Waals surface area (Å²) in [5.74, 6) is 0. The first-order chi connectivity index (χ1) is 7.35. The van der Waals surface area contributed by atoms with Gasteiger partial charge in [0.15, 0.2) is 0 Å². The maximum atomic E-state index is 4.63. The Kier molecular flexibility index (Phi) is 2.86. The van der Waals surface area contributed by atoms with E-state index in [1.165, 1.54) is 16.8 Å². The SMILES string of the molecule is CCCc1cc(NC)c2ccccc2n1. The maximum absolute atomic E-state index is 4.63. The number of hydrogen-bond acceptors (Lipinski definition) is 2. The number of fused-ring (bicyclic) bond motifs is 1. The minimum atomic E-state index is 1.04. The molecule has 0 saturated heterocycles. The summed E-state index contributed by atoms with van der Waals surface area (Å²) < 4.78 is 0. The fourth-order valence-corrected chi connectivity index (χ4v) is 1.82. The van der Waals surface area contributed by atoms with Gasteiger partial charge in [-0.3, -0.25) is 4.98 Å². The minimum Gasteiger partial charge on any atom is -0.388 e. The Morgan fingerprint density at radius 3 is 2.80 bits per heavy atom. The molecule has 2 nitrogen and oxygen atoms in total. The highest BCUT2D eigenvalue weighted by molar-refractivity contribution is 5.91. The van der Waals surface area contributed by atoms with E-state index in [1.807, 2.05) is 19.2 Å². The van der Waals surface area contributed by atoms with Gasteiger partial charge in [-0.25, -0.2) is 0 Å². The number of nitrogens with one attached hydrogen (secondary N) is 1. The summed E-state index contributed by atoms with van der Waals surface area (Å²) in [4.78, 5) is 4.63. The van der Waals surface area contributed by atoms with E-state index in [0.29, 0.717) is 0 Å². The van der Waals surface area contributed by atoms with E-state index >= 15 is 0 Å². The first-order valence-electron chi connectivity index (χ1n) is 5.41. The highest BCUT2D eigenvalue weighted by Gasteiger charge is 2.02. The molecule has 1 aromatic heterocycles. The van der Waals surface area contributed by atoms with Crippen LogP contribution in [-0.4, -0.2) is 12.0 Å². The van der Waals surface area contributed by atoms with E-state index < -0.39 is 0 Å². The molecule has 2 heteroatoms. The Balaban J connectivity index is 2.60. The van der Waals surface area contributed by atoms with Crippen molar-refractivity contribution in [1.29, 1.82) is 0 Å². The van der Waals surface area contributed by atoms with Crippen LogP contribution in [0.15, 0.2) is 30.3 Å². The quantitative estimate of drug-likeness (QED) is 0.822. The largest absolute Gasteiger partial charge is 0.388 e. The molecule has 0 atom stereocenters. The lowest BCUT2D eigenvalue weighted by atomic mass is 10.1. The van der Waals surface area contributed by atoms with E-state index in [2.05, 4.69) is 35.4 Å². The average Bonchev–Trinajstić information content (AvgIpc) is 2.28.